The molecule has 0 bridgehead atoms. The number of amides is 1. The van der Waals surface area contributed by atoms with E-state index in [1.54, 1.807) is 0 Å². The molecule has 1 aliphatic rings. The molecule has 5 heteroatoms. The first-order valence-electron chi connectivity index (χ1n) is 10.5. The third kappa shape index (κ3) is 4.00. The van der Waals surface area contributed by atoms with Gasteiger partial charge in [0.05, 0.1) is 5.69 Å². The van der Waals surface area contributed by atoms with Crippen LogP contribution >= 0.6 is 0 Å². The minimum Gasteiger partial charge on any atom is -0.378 e. The van der Waals surface area contributed by atoms with Crippen LogP contribution in [0.5, 0.6) is 0 Å². The highest BCUT2D eigenvalue weighted by Gasteiger charge is 2.25. The van der Waals surface area contributed by atoms with E-state index in [4.69, 9.17) is 0 Å². The van der Waals surface area contributed by atoms with Crippen LogP contribution in [0.4, 0.5) is 5.69 Å². The van der Waals surface area contributed by atoms with E-state index in [2.05, 4.69) is 57.7 Å². The topological polar surface area (TPSA) is 40.9 Å². The first-order chi connectivity index (χ1) is 14.0. The lowest BCUT2D eigenvalue weighted by atomic mass is 9.91. The predicted octanol–water partition coefficient (Wildman–Crippen LogP) is 4.24. The maximum absolute atomic E-state index is 13.1. The van der Waals surface area contributed by atoms with E-state index in [-0.39, 0.29) is 11.8 Å². The lowest BCUT2D eigenvalue weighted by molar-refractivity contribution is -0.132. The molecule has 5 nitrogen and oxygen atoms in total. The standard InChI is InChI=1S/C24H30N4O/c1-18-8-7-15-28-22(17-25-24(18)28)21(16-23(29)27-13-5-4-6-14-27)19-9-11-20(12-10-19)26(2)3/h7-12,15,17,21H,4-6,13-14,16H2,1-3H3. The van der Waals surface area contributed by atoms with E-state index in [0.29, 0.717) is 6.42 Å². The molecule has 4 rings (SSSR count). The number of aryl methyl sites for hydroxylation is 1. The number of anilines is 1. The van der Waals surface area contributed by atoms with E-state index in [9.17, 15) is 4.79 Å². The smallest absolute Gasteiger partial charge is 0.223 e. The van der Waals surface area contributed by atoms with Crippen LogP contribution in [0.2, 0.25) is 0 Å². The van der Waals surface area contributed by atoms with Gasteiger partial charge in [-0.05, 0) is 55.5 Å². The van der Waals surface area contributed by atoms with Crippen LogP contribution in [0.15, 0.2) is 48.8 Å². The van der Waals surface area contributed by atoms with Crippen LogP contribution in [0.1, 0.15) is 48.4 Å². The Labute approximate surface area is 173 Å². The Morgan fingerprint density at radius 2 is 1.83 bits per heavy atom. The zero-order chi connectivity index (χ0) is 20.4. The van der Waals surface area contributed by atoms with Crippen LogP contribution in [0, 0.1) is 6.92 Å². The van der Waals surface area contributed by atoms with Crippen LogP contribution in [-0.4, -0.2) is 47.4 Å². The fourth-order valence-corrected chi connectivity index (χ4v) is 4.27. The van der Waals surface area contributed by atoms with E-state index < -0.39 is 0 Å². The number of pyridine rings is 1. The summed E-state index contributed by atoms with van der Waals surface area (Å²) in [6.07, 6.45) is 7.92. The molecule has 2 aromatic heterocycles. The molecule has 0 saturated carbocycles. The predicted molar refractivity (Wildman–Crippen MR) is 118 cm³/mol. The number of piperidine rings is 1. The summed E-state index contributed by atoms with van der Waals surface area (Å²) in [5.74, 6) is 0.228. The van der Waals surface area contributed by atoms with Gasteiger partial charge in [0.15, 0.2) is 0 Å². The van der Waals surface area contributed by atoms with Gasteiger partial charge in [-0.1, -0.05) is 18.2 Å². The Hall–Kier alpha value is -2.82. The minimum absolute atomic E-state index is 0.0163. The third-order valence-corrected chi connectivity index (χ3v) is 6.02. The van der Waals surface area contributed by atoms with Crippen molar-refractivity contribution in [3.63, 3.8) is 0 Å². The van der Waals surface area contributed by atoms with Gasteiger partial charge >= 0.3 is 0 Å². The summed E-state index contributed by atoms with van der Waals surface area (Å²) >= 11 is 0. The summed E-state index contributed by atoms with van der Waals surface area (Å²) in [7, 11) is 4.08. The zero-order valence-corrected chi connectivity index (χ0v) is 17.6. The molecule has 3 heterocycles. The summed E-state index contributed by atoms with van der Waals surface area (Å²) < 4.78 is 2.14. The lowest BCUT2D eigenvalue weighted by Crippen LogP contribution is -2.36. The number of likely N-dealkylation sites (tertiary alicyclic amines) is 1. The number of fused-ring (bicyclic) bond motifs is 1. The first kappa shape index (κ1) is 19.5. The average molecular weight is 391 g/mol. The number of imidazole rings is 1. The summed E-state index contributed by atoms with van der Waals surface area (Å²) in [4.78, 5) is 21.9. The fourth-order valence-electron chi connectivity index (χ4n) is 4.27. The lowest BCUT2D eigenvalue weighted by Gasteiger charge is -2.28. The molecule has 3 aromatic rings. The number of rotatable bonds is 5. The number of aromatic nitrogens is 2. The molecule has 0 N–H and O–H groups in total. The highest BCUT2D eigenvalue weighted by atomic mass is 16.2. The van der Waals surface area contributed by atoms with E-state index >= 15 is 0 Å². The van der Waals surface area contributed by atoms with Crippen LogP contribution < -0.4 is 4.90 Å². The highest BCUT2D eigenvalue weighted by Crippen LogP contribution is 2.31. The summed E-state index contributed by atoms with van der Waals surface area (Å²) in [6.45, 7) is 3.85. The number of carbonyl (C=O) groups is 1. The quantitative estimate of drug-likeness (QED) is 0.654. The fraction of sp³-hybridized carbons (Fsp3) is 0.417. The van der Waals surface area contributed by atoms with Crippen molar-refractivity contribution in [2.45, 2.75) is 38.5 Å². The maximum Gasteiger partial charge on any atom is 0.223 e. The molecule has 152 valence electrons. The van der Waals surface area contributed by atoms with Gasteiger partial charge in [-0.15, -0.1) is 0 Å². The molecule has 1 aromatic carbocycles. The SMILES string of the molecule is Cc1cccn2c(C(CC(=O)N3CCCCC3)c3ccc(N(C)C)cc3)cnc12. The van der Waals surface area contributed by atoms with Crippen molar-refractivity contribution in [2.24, 2.45) is 0 Å². The molecule has 0 spiro atoms. The Morgan fingerprint density at radius 3 is 2.52 bits per heavy atom. The zero-order valence-electron chi connectivity index (χ0n) is 17.6. The number of hydrogen-bond acceptors (Lipinski definition) is 3. The van der Waals surface area contributed by atoms with Gasteiger partial charge in [0, 0.05) is 57.6 Å². The molecule has 1 aliphatic heterocycles. The van der Waals surface area contributed by atoms with E-state index in [0.717, 1.165) is 54.1 Å². The maximum atomic E-state index is 13.1. The van der Waals surface area contributed by atoms with Gasteiger partial charge in [0.2, 0.25) is 5.91 Å². The van der Waals surface area contributed by atoms with Gasteiger partial charge in [0.1, 0.15) is 5.65 Å². The van der Waals surface area contributed by atoms with E-state index in [1.165, 1.54) is 6.42 Å². The second kappa shape index (κ2) is 8.27. The van der Waals surface area contributed by atoms with Gasteiger partial charge in [-0.2, -0.15) is 0 Å². The molecule has 1 unspecified atom stereocenters. The Morgan fingerprint density at radius 1 is 1.10 bits per heavy atom. The second-order valence-corrected chi connectivity index (χ2v) is 8.25. The van der Waals surface area contributed by atoms with Gasteiger partial charge in [-0.3, -0.25) is 4.79 Å². The number of carbonyl (C=O) groups excluding carboxylic acids is 1. The molecule has 1 fully saturated rings. The molecule has 0 aliphatic carbocycles. The van der Waals surface area contributed by atoms with Crippen LogP contribution in [-0.2, 0) is 4.79 Å². The number of hydrogen-bond donors (Lipinski definition) is 0. The average Bonchev–Trinajstić information content (AvgIpc) is 3.18. The molecule has 1 saturated heterocycles. The van der Waals surface area contributed by atoms with Crippen molar-refractivity contribution in [3.05, 3.63) is 65.6 Å². The molecule has 29 heavy (non-hydrogen) atoms. The van der Waals surface area contributed by atoms with Crippen molar-refractivity contribution in [3.8, 4) is 0 Å². The molecular weight excluding hydrogens is 360 g/mol. The largest absolute Gasteiger partial charge is 0.378 e. The summed E-state index contributed by atoms with van der Waals surface area (Å²) in [5.41, 5.74) is 5.49. The Bertz CT molecular complexity index is 984. The Kier molecular flexibility index (Phi) is 5.56. The van der Waals surface area contributed by atoms with Crippen molar-refractivity contribution < 1.29 is 4.79 Å². The summed E-state index contributed by atoms with van der Waals surface area (Å²) in [6, 6.07) is 12.7. The first-order valence-corrected chi connectivity index (χ1v) is 10.5. The van der Waals surface area contributed by atoms with Crippen molar-refractivity contribution >= 4 is 17.2 Å². The van der Waals surface area contributed by atoms with Gasteiger partial charge < -0.3 is 14.2 Å². The van der Waals surface area contributed by atoms with E-state index in [1.807, 2.05) is 31.3 Å². The van der Waals surface area contributed by atoms with Crippen molar-refractivity contribution in [1.82, 2.24) is 14.3 Å². The molecular formula is C24H30N4O. The van der Waals surface area contributed by atoms with Crippen LogP contribution in [0.3, 0.4) is 0 Å². The van der Waals surface area contributed by atoms with Crippen molar-refractivity contribution in [2.75, 3.05) is 32.1 Å². The van der Waals surface area contributed by atoms with Gasteiger partial charge in [0.25, 0.3) is 0 Å². The minimum atomic E-state index is -0.0163. The molecule has 0 radical (unpaired) electrons. The second-order valence-electron chi connectivity index (χ2n) is 8.25. The van der Waals surface area contributed by atoms with Crippen LogP contribution in [0.25, 0.3) is 5.65 Å². The molecule has 1 atom stereocenters. The third-order valence-electron chi connectivity index (χ3n) is 6.02. The Balaban J connectivity index is 1.71. The van der Waals surface area contributed by atoms with Gasteiger partial charge in [-0.25, -0.2) is 4.98 Å². The summed E-state index contributed by atoms with van der Waals surface area (Å²) in [5, 5.41) is 0. The number of nitrogens with zero attached hydrogens (tertiary/aromatic N) is 4. The van der Waals surface area contributed by atoms with Crippen molar-refractivity contribution in [1.29, 1.82) is 0 Å². The normalized spacial score (nSPS) is 15.5. The monoisotopic (exact) mass is 390 g/mol. The molecule has 1 amide bonds. The highest BCUT2D eigenvalue weighted by molar-refractivity contribution is 5.78. The number of benzene rings is 1.